The lowest BCUT2D eigenvalue weighted by molar-refractivity contribution is -0.140. The predicted molar refractivity (Wildman–Crippen MR) is 159 cm³/mol. The van der Waals surface area contributed by atoms with Crippen molar-refractivity contribution in [1.29, 1.82) is 0 Å². The van der Waals surface area contributed by atoms with Crippen molar-refractivity contribution in [1.82, 2.24) is 10.2 Å². The number of nitrogens with one attached hydrogen (secondary N) is 1. The first-order chi connectivity index (χ1) is 17.5. The molecule has 0 unspecified atom stereocenters. The quantitative estimate of drug-likeness (QED) is 0.254. The maximum Gasteiger partial charge on any atom is 0.243 e. The van der Waals surface area contributed by atoms with E-state index in [4.69, 9.17) is 23.2 Å². The Morgan fingerprint density at radius 2 is 1.68 bits per heavy atom. The SMILES string of the molecule is CC(C)(C)NC(=O)[C@H](Cc1ccccc1)N(Cc1cccc(Br)c1)C(=O)CSCc1ccc(Cl)cc1Cl. The minimum atomic E-state index is -0.673. The van der Waals surface area contributed by atoms with Gasteiger partial charge in [0.15, 0.2) is 0 Å². The van der Waals surface area contributed by atoms with Gasteiger partial charge in [-0.3, -0.25) is 9.59 Å². The number of benzene rings is 3. The highest BCUT2D eigenvalue weighted by Crippen LogP contribution is 2.26. The molecule has 0 spiro atoms. The zero-order chi connectivity index (χ0) is 27.0. The van der Waals surface area contributed by atoms with Crippen LogP contribution < -0.4 is 5.32 Å². The van der Waals surface area contributed by atoms with Gasteiger partial charge >= 0.3 is 0 Å². The number of nitrogens with zero attached hydrogens (tertiary/aromatic N) is 1. The predicted octanol–water partition coefficient (Wildman–Crippen LogP) is 7.54. The Bertz CT molecular complexity index is 1220. The van der Waals surface area contributed by atoms with Crippen LogP contribution in [0.3, 0.4) is 0 Å². The zero-order valence-corrected chi connectivity index (χ0v) is 25.1. The van der Waals surface area contributed by atoms with Crippen molar-refractivity contribution in [3.05, 3.63) is 104 Å². The van der Waals surface area contributed by atoms with Crippen LogP contribution in [0.4, 0.5) is 0 Å². The van der Waals surface area contributed by atoms with E-state index in [9.17, 15) is 9.59 Å². The molecular weight excluding hydrogens is 591 g/mol. The molecule has 196 valence electrons. The zero-order valence-electron chi connectivity index (χ0n) is 21.1. The third kappa shape index (κ3) is 9.68. The van der Waals surface area contributed by atoms with Crippen molar-refractivity contribution >= 4 is 62.7 Å². The van der Waals surface area contributed by atoms with E-state index in [1.807, 2.05) is 81.4 Å². The molecule has 3 rings (SSSR count). The lowest BCUT2D eigenvalue weighted by Crippen LogP contribution is -2.54. The van der Waals surface area contributed by atoms with E-state index in [0.29, 0.717) is 28.8 Å². The number of hydrogen-bond acceptors (Lipinski definition) is 3. The molecule has 0 aliphatic heterocycles. The summed E-state index contributed by atoms with van der Waals surface area (Å²) in [4.78, 5) is 29.0. The Kier molecular flexibility index (Phi) is 10.9. The summed E-state index contributed by atoms with van der Waals surface area (Å²) in [5.41, 5.74) is 2.41. The standard InChI is InChI=1S/C29H31BrCl2N2O2S/c1-29(2,3)33-28(36)26(15-20-8-5-4-6-9-20)34(17-21-10-7-11-23(30)14-21)27(35)19-37-18-22-12-13-24(31)16-25(22)32/h4-14,16,26H,15,17-19H2,1-3H3,(H,33,36)/t26-/m0/s1. The van der Waals surface area contributed by atoms with Crippen LogP contribution in [0.5, 0.6) is 0 Å². The van der Waals surface area contributed by atoms with Gasteiger partial charge in [0, 0.05) is 38.8 Å². The average molecular weight is 622 g/mol. The molecule has 0 fully saturated rings. The first-order valence-electron chi connectivity index (χ1n) is 11.9. The number of halogens is 3. The molecule has 1 N–H and O–H groups in total. The molecule has 0 radical (unpaired) electrons. The molecule has 4 nitrogen and oxygen atoms in total. The molecule has 2 amide bonds. The van der Waals surface area contributed by atoms with Gasteiger partial charge in [0.2, 0.25) is 11.8 Å². The summed E-state index contributed by atoms with van der Waals surface area (Å²) in [6.45, 7) is 6.14. The minimum Gasteiger partial charge on any atom is -0.350 e. The van der Waals surface area contributed by atoms with Gasteiger partial charge in [0.1, 0.15) is 6.04 Å². The number of amides is 2. The number of hydrogen-bond donors (Lipinski definition) is 1. The average Bonchev–Trinajstić information content (AvgIpc) is 2.82. The maximum absolute atomic E-state index is 13.7. The van der Waals surface area contributed by atoms with Gasteiger partial charge in [-0.15, -0.1) is 11.8 Å². The van der Waals surface area contributed by atoms with Crippen molar-refractivity contribution in [2.24, 2.45) is 0 Å². The van der Waals surface area contributed by atoms with Gasteiger partial charge in [0.25, 0.3) is 0 Å². The van der Waals surface area contributed by atoms with Crippen LogP contribution in [0.15, 0.2) is 77.3 Å². The van der Waals surface area contributed by atoms with Gasteiger partial charge in [-0.05, 0) is 61.7 Å². The van der Waals surface area contributed by atoms with E-state index >= 15 is 0 Å². The highest BCUT2D eigenvalue weighted by Gasteiger charge is 2.32. The van der Waals surface area contributed by atoms with Crippen LogP contribution in [-0.2, 0) is 28.3 Å². The molecule has 1 atom stereocenters. The molecule has 0 bridgehead atoms. The summed E-state index contributed by atoms with van der Waals surface area (Å²) in [7, 11) is 0. The minimum absolute atomic E-state index is 0.111. The highest BCUT2D eigenvalue weighted by molar-refractivity contribution is 9.10. The van der Waals surface area contributed by atoms with Crippen molar-refractivity contribution in [3.63, 3.8) is 0 Å². The van der Waals surface area contributed by atoms with Crippen molar-refractivity contribution in [3.8, 4) is 0 Å². The normalized spacial score (nSPS) is 12.2. The van der Waals surface area contributed by atoms with Crippen LogP contribution in [-0.4, -0.2) is 34.0 Å². The second kappa shape index (κ2) is 13.7. The molecule has 8 heteroatoms. The second-order valence-corrected chi connectivity index (χ2v) is 12.6. The van der Waals surface area contributed by atoms with Crippen molar-refractivity contribution < 1.29 is 9.59 Å². The Labute approximate surface area is 242 Å². The second-order valence-electron chi connectivity index (χ2n) is 9.82. The van der Waals surface area contributed by atoms with Crippen LogP contribution in [0.25, 0.3) is 0 Å². The van der Waals surface area contributed by atoms with E-state index in [-0.39, 0.29) is 17.6 Å². The molecule has 37 heavy (non-hydrogen) atoms. The molecule has 0 aliphatic carbocycles. The fourth-order valence-corrected chi connectivity index (χ4v) is 5.72. The molecule has 3 aromatic carbocycles. The summed E-state index contributed by atoms with van der Waals surface area (Å²) in [6.07, 6.45) is 0.413. The van der Waals surface area contributed by atoms with E-state index in [0.717, 1.165) is 21.2 Å². The van der Waals surface area contributed by atoms with E-state index in [2.05, 4.69) is 21.2 Å². The third-order valence-electron chi connectivity index (χ3n) is 5.51. The van der Waals surface area contributed by atoms with Crippen molar-refractivity contribution in [2.45, 2.75) is 51.1 Å². The Hall–Kier alpha value is -1.99. The summed E-state index contributed by atoms with van der Waals surface area (Å²) >= 11 is 17.3. The molecule has 3 aromatic rings. The number of rotatable bonds is 10. The van der Waals surface area contributed by atoms with Crippen molar-refractivity contribution in [2.75, 3.05) is 5.75 Å². The number of carbonyl (C=O) groups is 2. The number of thioether (sulfide) groups is 1. The maximum atomic E-state index is 13.7. The molecule has 0 aliphatic rings. The van der Waals surface area contributed by atoms with Gasteiger partial charge in [-0.2, -0.15) is 0 Å². The highest BCUT2D eigenvalue weighted by atomic mass is 79.9. The fourth-order valence-electron chi connectivity index (χ4n) is 3.81. The van der Waals surface area contributed by atoms with Crippen LogP contribution in [0.2, 0.25) is 10.0 Å². The monoisotopic (exact) mass is 620 g/mol. The lowest BCUT2D eigenvalue weighted by atomic mass is 10.0. The first kappa shape index (κ1) is 29.6. The van der Waals surface area contributed by atoms with Crippen LogP contribution in [0.1, 0.15) is 37.5 Å². The largest absolute Gasteiger partial charge is 0.350 e. The van der Waals surface area contributed by atoms with Crippen LogP contribution in [0, 0.1) is 0 Å². The van der Waals surface area contributed by atoms with E-state index in [1.165, 1.54) is 11.8 Å². The molecule has 0 heterocycles. The molecular formula is C29H31BrCl2N2O2S. The van der Waals surface area contributed by atoms with Gasteiger partial charge in [0.05, 0.1) is 5.75 Å². The Balaban J connectivity index is 1.87. The fraction of sp³-hybridized carbons (Fsp3) is 0.310. The molecule has 0 aromatic heterocycles. The van der Waals surface area contributed by atoms with E-state index < -0.39 is 11.6 Å². The lowest BCUT2D eigenvalue weighted by Gasteiger charge is -2.34. The number of carbonyl (C=O) groups excluding carboxylic acids is 2. The van der Waals surface area contributed by atoms with Gasteiger partial charge in [-0.1, -0.05) is 87.7 Å². The topological polar surface area (TPSA) is 49.4 Å². The third-order valence-corrected chi connectivity index (χ3v) is 7.56. The Morgan fingerprint density at radius 1 is 0.973 bits per heavy atom. The van der Waals surface area contributed by atoms with Gasteiger partial charge < -0.3 is 10.2 Å². The first-order valence-corrected chi connectivity index (χ1v) is 14.6. The van der Waals surface area contributed by atoms with Gasteiger partial charge in [-0.25, -0.2) is 0 Å². The summed E-state index contributed by atoms with van der Waals surface area (Å²) in [5, 5.41) is 4.23. The molecule has 0 saturated carbocycles. The molecule has 0 saturated heterocycles. The van der Waals surface area contributed by atoms with Crippen LogP contribution >= 0.6 is 50.9 Å². The Morgan fingerprint density at radius 3 is 2.32 bits per heavy atom. The van der Waals surface area contributed by atoms with E-state index in [1.54, 1.807) is 17.0 Å². The summed E-state index contributed by atoms with van der Waals surface area (Å²) in [5.74, 6) is 0.482. The summed E-state index contributed by atoms with van der Waals surface area (Å²) < 4.78 is 0.919. The summed E-state index contributed by atoms with van der Waals surface area (Å²) in [6, 6.07) is 22.3. The smallest absolute Gasteiger partial charge is 0.243 e.